The third-order valence-electron chi connectivity index (χ3n) is 5.79. The van der Waals surface area contributed by atoms with Gasteiger partial charge in [-0.15, -0.1) is 0 Å². The van der Waals surface area contributed by atoms with Crippen LogP contribution in [0.1, 0.15) is 42.4 Å². The molecule has 4 rings (SSSR count). The molecule has 0 spiro atoms. The average Bonchev–Trinajstić information content (AvgIpc) is 2.87. The molecule has 0 saturated heterocycles. The number of aryl methyl sites for hydroxylation is 1. The topological polar surface area (TPSA) is 18.5 Å². The van der Waals surface area contributed by atoms with E-state index in [0.717, 1.165) is 34.4 Å². The fraction of sp³-hybridized carbons (Fsp3) is 0.267. The zero-order valence-corrected chi connectivity index (χ0v) is 20.6. The minimum atomic E-state index is 0.514. The van der Waals surface area contributed by atoms with Crippen molar-refractivity contribution in [3.05, 3.63) is 108 Å². The van der Waals surface area contributed by atoms with Crippen molar-refractivity contribution in [3.63, 3.8) is 0 Å². The zero-order chi connectivity index (χ0) is 22.7. The van der Waals surface area contributed by atoms with Crippen LogP contribution in [0.2, 0.25) is 0 Å². The molecule has 4 aromatic carbocycles. The summed E-state index contributed by atoms with van der Waals surface area (Å²) in [6.07, 6.45) is 6.17. The summed E-state index contributed by atoms with van der Waals surface area (Å²) >= 11 is 3.52. The van der Waals surface area contributed by atoms with Crippen molar-refractivity contribution in [1.29, 1.82) is 0 Å². The number of alkyl halides is 1. The first-order valence-corrected chi connectivity index (χ1v) is 12.9. The van der Waals surface area contributed by atoms with Crippen LogP contribution in [-0.4, -0.2) is 5.33 Å². The first-order valence-electron chi connectivity index (χ1n) is 11.8. The van der Waals surface area contributed by atoms with E-state index in [2.05, 4.69) is 70.5 Å². The fourth-order valence-electron chi connectivity index (χ4n) is 3.93. The molecule has 0 heterocycles. The van der Waals surface area contributed by atoms with Gasteiger partial charge < -0.3 is 9.47 Å². The molecule has 3 heteroatoms. The highest BCUT2D eigenvalue weighted by atomic mass is 79.9. The first kappa shape index (κ1) is 23.4. The van der Waals surface area contributed by atoms with Crippen LogP contribution >= 0.6 is 15.9 Å². The highest BCUT2D eigenvalue weighted by Crippen LogP contribution is 2.34. The zero-order valence-electron chi connectivity index (χ0n) is 19.0. The first-order chi connectivity index (χ1) is 16.3. The smallest absolute Gasteiger partial charge is 0.162 e. The molecule has 33 heavy (non-hydrogen) atoms. The molecule has 0 fully saturated rings. The van der Waals surface area contributed by atoms with Crippen molar-refractivity contribution in [3.8, 4) is 11.5 Å². The lowest BCUT2D eigenvalue weighted by Crippen LogP contribution is -2.01. The molecule has 170 valence electrons. The quantitative estimate of drug-likeness (QED) is 0.143. The van der Waals surface area contributed by atoms with E-state index in [4.69, 9.17) is 9.47 Å². The SMILES string of the molecule is BrCCCCCCc1ccc2cc(OCc3ccccc3)c(OCc3ccccc3)cc2c1. The Morgan fingerprint density at radius 3 is 1.70 bits per heavy atom. The molecular weight excluding hydrogens is 472 g/mol. The van der Waals surface area contributed by atoms with Crippen molar-refractivity contribution in [2.45, 2.75) is 45.3 Å². The van der Waals surface area contributed by atoms with Crippen LogP contribution in [0.4, 0.5) is 0 Å². The molecule has 4 aromatic rings. The molecule has 0 aliphatic rings. The second-order valence-corrected chi connectivity index (χ2v) is 9.18. The summed E-state index contributed by atoms with van der Waals surface area (Å²) in [5.74, 6) is 1.57. The number of rotatable bonds is 12. The van der Waals surface area contributed by atoms with Gasteiger partial charge in [-0.2, -0.15) is 0 Å². The van der Waals surface area contributed by atoms with Crippen LogP contribution in [-0.2, 0) is 19.6 Å². The number of benzene rings is 4. The number of ether oxygens (including phenoxy) is 2. The minimum Gasteiger partial charge on any atom is -0.485 e. The normalized spacial score (nSPS) is 10.9. The van der Waals surface area contributed by atoms with E-state index in [-0.39, 0.29) is 0 Å². The molecule has 0 aliphatic heterocycles. The number of hydrogen-bond donors (Lipinski definition) is 0. The van der Waals surface area contributed by atoms with E-state index in [1.165, 1.54) is 42.0 Å². The lowest BCUT2D eigenvalue weighted by molar-refractivity contribution is 0.256. The fourth-order valence-corrected chi connectivity index (χ4v) is 4.33. The number of fused-ring (bicyclic) bond motifs is 1. The van der Waals surface area contributed by atoms with Crippen molar-refractivity contribution in [2.75, 3.05) is 5.33 Å². The summed E-state index contributed by atoms with van der Waals surface area (Å²) in [6.45, 7) is 1.03. The predicted molar refractivity (Wildman–Crippen MR) is 141 cm³/mol. The van der Waals surface area contributed by atoms with Gasteiger partial charge >= 0.3 is 0 Å². The van der Waals surface area contributed by atoms with E-state index in [1.54, 1.807) is 0 Å². The molecule has 2 nitrogen and oxygen atoms in total. The van der Waals surface area contributed by atoms with E-state index in [1.807, 2.05) is 36.4 Å². The number of halogens is 1. The molecule has 0 N–H and O–H groups in total. The van der Waals surface area contributed by atoms with E-state index < -0.39 is 0 Å². The molecule has 0 bridgehead atoms. The van der Waals surface area contributed by atoms with Crippen molar-refractivity contribution in [2.24, 2.45) is 0 Å². The van der Waals surface area contributed by atoms with Crippen molar-refractivity contribution in [1.82, 2.24) is 0 Å². The predicted octanol–water partition coefficient (Wildman–Crippen LogP) is 8.50. The van der Waals surface area contributed by atoms with Gasteiger partial charge in [-0.3, -0.25) is 0 Å². The Bertz CT molecular complexity index is 1130. The summed E-state index contributed by atoms with van der Waals surface area (Å²) in [6, 6.07) is 31.5. The molecule has 0 aromatic heterocycles. The summed E-state index contributed by atoms with van der Waals surface area (Å²) < 4.78 is 12.5. The second-order valence-electron chi connectivity index (χ2n) is 8.38. The Morgan fingerprint density at radius 1 is 0.515 bits per heavy atom. The van der Waals surface area contributed by atoms with Gasteiger partial charge in [0.1, 0.15) is 13.2 Å². The summed E-state index contributed by atoms with van der Waals surface area (Å²) in [5, 5.41) is 3.47. The van der Waals surface area contributed by atoms with Gasteiger partial charge in [-0.1, -0.05) is 108 Å². The lowest BCUT2D eigenvalue weighted by atomic mass is 10.0. The van der Waals surface area contributed by atoms with Crippen molar-refractivity contribution < 1.29 is 9.47 Å². The highest BCUT2D eigenvalue weighted by molar-refractivity contribution is 9.09. The van der Waals surface area contributed by atoms with E-state index >= 15 is 0 Å². The monoisotopic (exact) mass is 502 g/mol. The van der Waals surface area contributed by atoms with E-state index in [9.17, 15) is 0 Å². The molecule has 0 aliphatic carbocycles. The van der Waals surface area contributed by atoms with Gasteiger partial charge in [0, 0.05) is 5.33 Å². The standard InChI is InChI=1S/C30H31BrO2/c31-18-10-2-1-5-11-24-16-17-27-20-29(32-22-25-12-6-3-7-13-25)30(21-28(27)19-24)33-23-26-14-8-4-9-15-26/h3-4,6-9,12-17,19-21H,1-2,5,10-11,18,22-23H2. The number of unbranched alkanes of at least 4 members (excludes halogenated alkanes) is 3. The third kappa shape index (κ3) is 7.10. The third-order valence-corrected chi connectivity index (χ3v) is 6.35. The Morgan fingerprint density at radius 2 is 1.09 bits per heavy atom. The van der Waals surface area contributed by atoms with Gasteiger partial charge in [0.15, 0.2) is 11.5 Å². The Labute approximate surface area is 205 Å². The van der Waals surface area contributed by atoms with Crippen molar-refractivity contribution >= 4 is 26.7 Å². The average molecular weight is 503 g/mol. The second kappa shape index (κ2) is 12.5. The maximum Gasteiger partial charge on any atom is 0.162 e. The van der Waals surface area contributed by atoms with Gasteiger partial charge in [0.2, 0.25) is 0 Å². The summed E-state index contributed by atoms with van der Waals surface area (Å²) in [7, 11) is 0. The number of hydrogen-bond acceptors (Lipinski definition) is 2. The largest absolute Gasteiger partial charge is 0.485 e. The maximum atomic E-state index is 6.26. The van der Waals surface area contributed by atoms with Crippen LogP contribution in [0.15, 0.2) is 91.0 Å². The molecule has 0 saturated carbocycles. The highest BCUT2D eigenvalue weighted by Gasteiger charge is 2.10. The van der Waals surface area contributed by atoms with Crippen LogP contribution in [0.3, 0.4) is 0 Å². The van der Waals surface area contributed by atoms with Gasteiger partial charge in [-0.05, 0) is 58.9 Å². The Hall–Kier alpha value is -2.78. The molecule has 0 unspecified atom stereocenters. The van der Waals surface area contributed by atoms with Crippen LogP contribution in [0.25, 0.3) is 10.8 Å². The van der Waals surface area contributed by atoms with Crippen LogP contribution in [0, 0.1) is 0 Å². The maximum absolute atomic E-state index is 6.26. The van der Waals surface area contributed by atoms with Gasteiger partial charge in [0.25, 0.3) is 0 Å². The molecular formula is C30H31BrO2. The molecule has 0 amide bonds. The summed E-state index contributed by atoms with van der Waals surface area (Å²) in [5.41, 5.74) is 3.67. The lowest BCUT2D eigenvalue weighted by Gasteiger charge is -2.15. The van der Waals surface area contributed by atoms with E-state index in [0.29, 0.717) is 13.2 Å². The summed E-state index contributed by atoms with van der Waals surface area (Å²) in [4.78, 5) is 0. The Balaban J connectivity index is 1.53. The Kier molecular flexibility index (Phi) is 8.83. The van der Waals surface area contributed by atoms with Crippen LogP contribution in [0.5, 0.6) is 11.5 Å². The minimum absolute atomic E-state index is 0.514. The van der Waals surface area contributed by atoms with Gasteiger partial charge in [-0.25, -0.2) is 0 Å². The van der Waals surface area contributed by atoms with Crippen LogP contribution < -0.4 is 9.47 Å². The van der Waals surface area contributed by atoms with Gasteiger partial charge in [0.05, 0.1) is 0 Å². The molecule has 0 atom stereocenters. The molecule has 0 radical (unpaired) electrons.